The number of ether oxygens (including phenoxy) is 4. The quantitative estimate of drug-likeness (QED) is 0.0228. The Labute approximate surface area is 386 Å². The Morgan fingerprint density at radius 3 is 2.30 bits per heavy atom. The van der Waals surface area contributed by atoms with Gasteiger partial charge in [0.05, 0.1) is 58.7 Å². The standard InChI is InChI=1S/C47H60N9O9P/c1-31(2)56(32(3)4)66(63-25-12-24-48)65-41-38(28-62-47(34-13-10-9-11-14-34,35-17-15-33(27-57)16-18-35)36-19-21-37(60-8)22-20-36)64-45(42(41)61-26-23-39(58)49-5)55-30-50-40-43(55)52-46(53-44(40)59)51-29-54(6)7/h9-11,13-22,29-32,38,41-42,45,57H,12,23,25-28H2,1-8H3,(H,49,58)(H,52,53,59)/b51-29+/t38-,41+,42?,45-,47?,66?/m1/s1. The number of nitrogens with one attached hydrogen (secondary N) is 2. The van der Waals surface area contributed by atoms with Gasteiger partial charge in [0, 0.05) is 39.6 Å². The van der Waals surface area contributed by atoms with Crippen LogP contribution in [0.3, 0.4) is 0 Å². The molecule has 3 N–H and O–H groups in total. The van der Waals surface area contributed by atoms with Crippen LogP contribution in [0.4, 0.5) is 5.95 Å². The van der Waals surface area contributed by atoms with Crippen molar-refractivity contribution in [1.82, 2.24) is 34.4 Å². The number of aliphatic hydroxyl groups excluding tert-OH is 1. The van der Waals surface area contributed by atoms with Crippen molar-refractivity contribution in [2.75, 3.05) is 48.1 Å². The molecule has 3 unspecified atom stereocenters. The molecule has 1 saturated heterocycles. The van der Waals surface area contributed by atoms with Crippen molar-refractivity contribution in [3.8, 4) is 11.8 Å². The van der Waals surface area contributed by atoms with Gasteiger partial charge in [-0.3, -0.25) is 19.1 Å². The predicted octanol–water partition coefficient (Wildman–Crippen LogP) is 5.93. The van der Waals surface area contributed by atoms with E-state index in [1.54, 1.807) is 37.7 Å². The van der Waals surface area contributed by atoms with Crippen LogP contribution in [0.5, 0.6) is 5.75 Å². The highest BCUT2D eigenvalue weighted by Gasteiger charge is 2.52. The van der Waals surface area contributed by atoms with E-state index in [9.17, 15) is 20.0 Å². The van der Waals surface area contributed by atoms with Gasteiger partial charge in [0.25, 0.3) is 14.1 Å². The zero-order chi connectivity index (χ0) is 47.4. The van der Waals surface area contributed by atoms with Crippen LogP contribution in [0.1, 0.15) is 69.0 Å². The predicted molar refractivity (Wildman–Crippen MR) is 250 cm³/mol. The highest BCUT2D eigenvalue weighted by Crippen LogP contribution is 2.51. The number of nitriles is 1. The fourth-order valence-corrected chi connectivity index (χ4v) is 9.58. The summed E-state index contributed by atoms with van der Waals surface area (Å²) in [7, 11) is 4.86. The number of carbonyl (C=O) groups is 1. The molecule has 6 atom stereocenters. The molecule has 2 aromatic heterocycles. The first kappa shape index (κ1) is 49.8. The SMILES string of the molecule is CNC(=O)CCOC1[C@@H](OP(OCCC#N)N(C(C)C)C(C)C)[C@@H](COC(c2ccccc2)(c2ccc(CO)cc2)c2ccc(OC)cc2)O[C@H]1n1cnc2c(=O)[nH]c(/N=C/N(C)C)nc21. The molecule has 0 spiro atoms. The molecule has 6 rings (SSSR count). The summed E-state index contributed by atoms with van der Waals surface area (Å²) in [5.41, 5.74) is 1.52. The highest BCUT2D eigenvalue weighted by molar-refractivity contribution is 7.44. The average molecular weight is 926 g/mol. The fourth-order valence-electron chi connectivity index (χ4n) is 7.81. The van der Waals surface area contributed by atoms with Gasteiger partial charge in [-0.2, -0.15) is 10.2 Å². The number of fused-ring (bicyclic) bond motifs is 1. The summed E-state index contributed by atoms with van der Waals surface area (Å²) in [5, 5.41) is 22.2. The van der Waals surface area contributed by atoms with Gasteiger partial charge in [-0.15, -0.1) is 0 Å². The van der Waals surface area contributed by atoms with E-state index in [1.807, 2.05) is 107 Å². The number of aromatic amines is 1. The molecule has 352 valence electrons. The number of methoxy groups -OCH3 is 1. The lowest BCUT2D eigenvalue weighted by atomic mass is 9.79. The number of carbonyl (C=O) groups excluding carboxylic acids is 1. The van der Waals surface area contributed by atoms with E-state index in [0.717, 1.165) is 22.3 Å². The zero-order valence-corrected chi connectivity index (χ0v) is 39.6. The first-order chi connectivity index (χ1) is 31.8. The summed E-state index contributed by atoms with van der Waals surface area (Å²) in [5.74, 6) is 0.465. The van der Waals surface area contributed by atoms with Gasteiger partial charge in [-0.05, 0) is 62.1 Å². The minimum Gasteiger partial charge on any atom is -0.497 e. The Balaban J connectivity index is 1.54. The lowest BCUT2D eigenvalue weighted by Gasteiger charge is -2.39. The van der Waals surface area contributed by atoms with Crippen LogP contribution < -0.4 is 15.6 Å². The van der Waals surface area contributed by atoms with Crippen molar-refractivity contribution in [2.24, 2.45) is 4.99 Å². The minimum absolute atomic E-state index is 0.0234. The molecular formula is C47H60N9O9P. The highest BCUT2D eigenvalue weighted by atomic mass is 31.2. The Hall–Kier alpha value is -5.61. The lowest BCUT2D eigenvalue weighted by molar-refractivity contribution is -0.123. The van der Waals surface area contributed by atoms with Gasteiger partial charge in [-0.1, -0.05) is 66.7 Å². The first-order valence-electron chi connectivity index (χ1n) is 21.8. The summed E-state index contributed by atoms with van der Waals surface area (Å²) in [6.45, 7) is 7.99. The number of hydrogen-bond acceptors (Lipinski definition) is 14. The van der Waals surface area contributed by atoms with Crippen molar-refractivity contribution in [3.63, 3.8) is 0 Å². The van der Waals surface area contributed by atoms with Crippen molar-refractivity contribution in [3.05, 3.63) is 118 Å². The number of nitrogens with zero attached hydrogens (tertiary/aromatic N) is 7. The number of aliphatic hydroxyl groups is 1. The van der Waals surface area contributed by atoms with E-state index in [1.165, 1.54) is 12.7 Å². The third-order valence-corrected chi connectivity index (χ3v) is 13.0. The molecule has 1 aliphatic heterocycles. The molecular weight excluding hydrogens is 866 g/mol. The number of aromatic nitrogens is 4. The topological polar surface area (TPSA) is 211 Å². The molecule has 0 aliphatic carbocycles. The molecule has 18 nitrogen and oxygen atoms in total. The Bertz CT molecular complexity index is 2400. The number of benzene rings is 3. The molecule has 19 heteroatoms. The number of aliphatic imine (C=N–C) groups is 1. The molecule has 1 amide bonds. The molecule has 0 radical (unpaired) electrons. The van der Waals surface area contributed by atoms with Crippen LogP contribution in [0.15, 0.2) is 95.0 Å². The van der Waals surface area contributed by atoms with Gasteiger partial charge in [0.15, 0.2) is 17.4 Å². The van der Waals surface area contributed by atoms with Gasteiger partial charge >= 0.3 is 0 Å². The van der Waals surface area contributed by atoms with Crippen LogP contribution in [0, 0.1) is 11.3 Å². The van der Waals surface area contributed by atoms with Crippen molar-refractivity contribution in [2.45, 2.75) is 89.4 Å². The van der Waals surface area contributed by atoms with E-state index in [4.69, 9.17) is 33.0 Å². The van der Waals surface area contributed by atoms with Crippen LogP contribution in [-0.2, 0) is 40.3 Å². The summed E-state index contributed by atoms with van der Waals surface area (Å²) in [4.78, 5) is 44.0. The van der Waals surface area contributed by atoms with Gasteiger partial charge in [0.1, 0.15) is 29.7 Å². The van der Waals surface area contributed by atoms with Gasteiger partial charge < -0.3 is 43.3 Å². The van der Waals surface area contributed by atoms with E-state index >= 15 is 0 Å². The first-order valence-corrected chi connectivity index (χ1v) is 22.9. The number of H-pyrrole nitrogens is 1. The largest absolute Gasteiger partial charge is 0.497 e. The number of rotatable bonds is 23. The Morgan fingerprint density at radius 1 is 1.03 bits per heavy atom. The average Bonchev–Trinajstić information content (AvgIpc) is 3.89. The van der Waals surface area contributed by atoms with E-state index in [2.05, 4.69) is 31.0 Å². The summed E-state index contributed by atoms with van der Waals surface area (Å²) in [6, 6.07) is 27.1. The molecule has 1 aliphatic rings. The minimum atomic E-state index is -1.89. The van der Waals surface area contributed by atoms with E-state index in [0.29, 0.717) is 5.75 Å². The number of imidazole rings is 1. The van der Waals surface area contributed by atoms with Crippen LogP contribution >= 0.6 is 8.53 Å². The van der Waals surface area contributed by atoms with Crippen molar-refractivity contribution >= 4 is 37.9 Å². The Kier molecular flexibility index (Phi) is 17.5. The van der Waals surface area contributed by atoms with Gasteiger partial charge in [-0.25, -0.2) is 14.6 Å². The molecule has 1 fully saturated rings. The van der Waals surface area contributed by atoms with E-state index in [-0.39, 0.29) is 74.4 Å². The fraction of sp³-hybridized carbons (Fsp3) is 0.447. The van der Waals surface area contributed by atoms with Crippen molar-refractivity contribution < 1.29 is 37.9 Å². The number of amides is 1. The third-order valence-electron chi connectivity index (χ3n) is 10.9. The molecule has 3 aromatic carbocycles. The maximum Gasteiger partial charge on any atom is 0.280 e. The second kappa shape index (κ2) is 23.2. The maximum absolute atomic E-state index is 13.4. The molecule has 3 heterocycles. The molecule has 66 heavy (non-hydrogen) atoms. The summed E-state index contributed by atoms with van der Waals surface area (Å²) in [6.07, 6.45) is -0.771. The monoisotopic (exact) mass is 925 g/mol. The van der Waals surface area contributed by atoms with Crippen LogP contribution in [-0.4, -0.2) is 125 Å². The maximum atomic E-state index is 13.4. The second-order valence-electron chi connectivity index (χ2n) is 16.3. The smallest absolute Gasteiger partial charge is 0.280 e. The normalized spacial score (nSPS) is 18.8. The third kappa shape index (κ3) is 11.5. The Morgan fingerprint density at radius 2 is 1.70 bits per heavy atom. The molecule has 0 bridgehead atoms. The van der Waals surface area contributed by atoms with Gasteiger partial charge in [0.2, 0.25) is 11.9 Å². The molecule has 0 saturated carbocycles. The van der Waals surface area contributed by atoms with Crippen LogP contribution in [0.2, 0.25) is 0 Å². The lowest BCUT2D eigenvalue weighted by Crippen LogP contribution is -2.43. The molecule has 5 aromatic rings. The van der Waals surface area contributed by atoms with Crippen LogP contribution in [0.25, 0.3) is 11.2 Å². The summed E-state index contributed by atoms with van der Waals surface area (Å²) >= 11 is 0. The zero-order valence-electron chi connectivity index (χ0n) is 38.7. The second-order valence-corrected chi connectivity index (χ2v) is 17.7. The summed E-state index contributed by atoms with van der Waals surface area (Å²) < 4.78 is 44.1. The number of hydrogen-bond donors (Lipinski definition) is 3. The van der Waals surface area contributed by atoms with E-state index < -0.39 is 44.2 Å². The van der Waals surface area contributed by atoms with Crippen molar-refractivity contribution in [1.29, 1.82) is 5.26 Å².